The monoisotopic (exact) mass is 331 g/mol. The highest BCUT2D eigenvalue weighted by Gasteiger charge is 2.10. The van der Waals surface area contributed by atoms with Gasteiger partial charge in [0.05, 0.1) is 18.3 Å². The van der Waals surface area contributed by atoms with Gasteiger partial charge in [0.25, 0.3) is 0 Å². The van der Waals surface area contributed by atoms with E-state index in [2.05, 4.69) is 20.8 Å². The van der Waals surface area contributed by atoms with Crippen LogP contribution in [-0.4, -0.2) is 17.1 Å². The molecule has 0 bridgehead atoms. The third kappa shape index (κ3) is 5.84. The van der Waals surface area contributed by atoms with Gasteiger partial charge in [0.1, 0.15) is 0 Å². The Hall–Kier alpha value is -2.19. The highest BCUT2D eigenvalue weighted by molar-refractivity contribution is 7.41. The van der Waals surface area contributed by atoms with Crippen molar-refractivity contribution in [2.75, 3.05) is 6.54 Å². The number of hydrogen-bond donors (Lipinski definition) is 1. The zero-order valence-corrected chi connectivity index (χ0v) is 14.6. The second-order valence-corrected chi connectivity index (χ2v) is 5.25. The lowest BCUT2D eigenvalue weighted by molar-refractivity contribution is 0.425. The molecule has 0 aliphatic rings. The van der Waals surface area contributed by atoms with E-state index in [1.165, 1.54) is 6.26 Å². The molecule has 1 unspecified atom stereocenters. The second kappa shape index (κ2) is 9.75. The Balaban J connectivity index is 2.80. The molecule has 1 aromatic heterocycles. The van der Waals surface area contributed by atoms with Crippen molar-refractivity contribution in [2.24, 2.45) is 4.99 Å². The van der Waals surface area contributed by atoms with Crippen LogP contribution in [0.15, 0.2) is 74.6 Å². The third-order valence-corrected chi connectivity index (χ3v) is 3.65. The molecule has 0 aliphatic heterocycles. The number of aromatic hydroxyl groups is 1. The molecule has 0 aliphatic carbocycles. The van der Waals surface area contributed by atoms with E-state index >= 15 is 0 Å². The van der Waals surface area contributed by atoms with Crippen molar-refractivity contribution < 1.29 is 9.52 Å². The minimum Gasteiger partial charge on any atom is -0.501 e. The van der Waals surface area contributed by atoms with E-state index in [-0.39, 0.29) is 5.76 Å². The van der Waals surface area contributed by atoms with Crippen LogP contribution in [0.1, 0.15) is 26.0 Å². The van der Waals surface area contributed by atoms with Crippen LogP contribution in [0, 0.1) is 0 Å². The minimum absolute atomic E-state index is 0.0739. The summed E-state index contributed by atoms with van der Waals surface area (Å²) in [7, 11) is 2.38. The third-order valence-electron chi connectivity index (χ3n) is 3.21. The number of nitrogens with zero attached hydrogens (tertiary/aromatic N) is 1. The van der Waals surface area contributed by atoms with E-state index in [9.17, 15) is 9.90 Å². The SMILES string of the molecule is C=C/C(=C\C)C/C=C\C(=C/C)CN=C(P)c1occc(=O)c1O. The fourth-order valence-electron chi connectivity index (χ4n) is 1.75. The van der Waals surface area contributed by atoms with Gasteiger partial charge in [0.2, 0.25) is 11.2 Å². The summed E-state index contributed by atoms with van der Waals surface area (Å²) < 4.78 is 5.15. The number of allylic oxidation sites excluding steroid dienone is 5. The van der Waals surface area contributed by atoms with Gasteiger partial charge in [-0.05, 0) is 31.4 Å². The van der Waals surface area contributed by atoms with Gasteiger partial charge in [-0.15, -0.1) is 0 Å². The maximum absolute atomic E-state index is 11.4. The topological polar surface area (TPSA) is 62.8 Å². The van der Waals surface area contributed by atoms with E-state index in [0.29, 0.717) is 12.0 Å². The molecular weight excluding hydrogens is 309 g/mol. The minimum atomic E-state index is -0.490. The molecule has 1 N–H and O–H groups in total. The smallest absolute Gasteiger partial charge is 0.227 e. The van der Waals surface area contributed by atoms with Crippen LogP contribution < -0.4 is 5.43 Å². The summed E-state index contributed by atoms with van der Waals surface area (Å²) >= 11 is 0. The maximum atomic E-state index is 11.4. The molecule has 0 radical (unpaired) electrons. The molecule has 0 fully saturated rings. The number of hydrogen-bond acceptors (Lipinski definition) is 4. The fourth-order valence-corrected chi connectivity index (χ4v) is 2.04. The van der Waals surface area contributed by atoms with E-state index in [1.807, 2.05) is 44.2 Å². The van der Waals surface area contributed by atoms with Gasteiger partial charge in [0.15, 0.2) is 5.76 Å². The van der Waals surface area contributed by atoms with E-state index < -0.39 is 11.2 Å². The lowest BCUT2D eigenvalue weighted by Gasteiger charge is -2.03. The van der Waals surface area contributed by atoms with Gasteiger partial charge < -0.3 is 9.52 Å². The van der Waals surface area contributed by atoms with Gasteiger partial charge in [-0.3, -0.25) is 9.79 Å². The molecule has 0 aromatic carbocycles. The molecule has 1 rings (SSSR count). The Morgan fingerprint density at radius 1 is 1.39 bits per heavy atom. The molecular formula is C18H22NO3P. The summed E-state index contributed by atoms with van der Waals surface area (Å²) in [6.07, 6.45) is 11.9. The van der Waals surface area contributed by atoms with Crippen LogP contribution in [-0.2, 0) is 0 Å². The first kappa shape index (κ1) is 18.9. The maximum Gasteiger partial charge on any atom is 0.227 e. The zero-order chi connectivity index (χ0) is 17.2. The Morgan fingerprint density at radius 3 is 2.70 bits per heavy atom. The summed E-state index contributed by atoms with van der Waals surface area (Å²) in [5, 5.41) is 9.70. The van der Waals surface area contributed by atoms with E-state index in [4.69, 9.17) is 4.42 Å². The Bertz CT molecular complexity index is 724. The molecule has 122 valence electrons. The first-order valence-electron chi connectivity index (χ1n) is 7.23. The van der Waals surface area contributed by atoms with Crippen molar-refractivity contribution in [2.45, 2.75) is 20.3 Å². The van der Waals surface area contributed by atoms with Crippen molar-refractivity contribution in [3.63, 3.8) is 0 Å². The Labute approximate surface area is 138 Å². The number of rotatable bonds is 7. The standard InChI is InChI=1S/C18H22NO3P/c1-4-13(5-2)8-7-9-14(6-3)12-19-18(23)17-16(21)15(20)10-11-22-17/h4-7,9-11,21H,1,8,12,23H2,2-3H3/b9-7-,13-5+,14-6+,19-18?. The van der Waals surface area contributed by atoms with Gasteiger partial charge in [-0.25, -0.2) is 0 Å². The average molecular weight is 331 g/mol. The molecule has 1 heterocycles. The van der Waals surface area contributed by atoms with Crippen molar-refractivity contribution in [1.82, 2.24) is 0 Å². The normalized spacial score (nSPS) is 13.6. The summed E-state index contributed by atoms with van der Waals surface area (Å²) in [6, 6.07) is 1.16. The summed E-state index contributed by atoms with van der Waals surface area (Å²) in [6.45, 7) is 8.09. The average Bonchev–Trinajstić information content (AvgIpc) is 2.56. The first-order chi connectivity index (χ1) is 11.0. The van der Waals surface area contributed by atoms with Crippen LogP contribution in [0.25, 0.3) is 0 Å². The predicted molar refractivity (Wildman–Crippen MR) is 99.2 cm³/mol. The lowest BCUT2D eigenvalue weighted by atomic mass is 10.1. The quantitative estimate of drug-likeness (QED) is 0.467. The zero-order valence-electron chi connectivity index (χ0n) is 13.5. The van der Waals surface area contributed by atoms with Crippen LogP contribution in [0.4, 0.5) is 0 Å². The van der Waals surface area contributed by atoms with Crippen LogP contribution in [0.5, 0.6) is 5.75 Å². The number of aliphatic imine (C=N–C) groups is 1. The molecule has 0 saturated heterocycles. The van der Waals surface area contributed by atoms with Crippen LogP contribution >= 0.6 is 9.24 Å². The Morgan fingerprint density at radius 2 is 2.09 bits per heavy atom. The molecule has 1 atom stereocenters. The largest absolute Gasteiger partial charge is 0.501 e. The lowest BCUT2D eigenvalue weighted by Crippen LogP contribution is -2.04. The first-order valence-corrected chi connectivity index (χ1v) is 7.81. The van der Waals surface area contributed by atoms with Gasteiger partial charge in [0, 0.05) is 6.07 Å². The molecule has 5 heteroatoms. The highest BCUT2D eigenvalue weighted by atomic mass is 31.0. The summed E-state index contributed by atoms with van der Waals surface area (Å²) in [4.78, 5) is 15.7. The van der Waals surface area contributed by atoms with Crippen LogP contribution in [0.3, 0.4) is 0 Å². The molecule has 0 spiro atoms. The molecule has 0 amide bonds. The van der Waals surface area contributed by atoms with Gasteiger partial charge >= 0.3 is 0 Å². The summed E-state index contributed by atoms with van der Waals surface area (Å²) in [5.41, 5.74) is 2.08. The van der Waals surface area contributed by atoms with Crippen molar-refractivity contribution in [3.05, 3.63) is 76.4 Å². The molecule has 23 heavy (non-hydrogen) atoms. The summed E-state index contributed by atoms with van der Waals surface area (Å²) in [5.74, 6) is -0.354. The van der Waals surface area contributed by atoms with Crippen molar-refractivity contribution >= 4 is 14.7 Å². The van der Waals surface area contributed by atoms with E-state index in [1.54, 1.807) is 0 Å². The highest BCUT2D eigenvalue weighted by Crippen LogP contribution is 2.16. The molecule has 4 nitrogen and oxygen atoms in total. The molecule has 1 aromatic rings. The fraction of sp³-hybridized carbons (Fsp3) is 0.222. The molecule has 0 saturated carbocycles. The van der Waals surface area contributed by atoms with E-state index in [0.717, 1.165) is 23.6 Å². The van der Waals surface area contributed by atoms with Crippen LogP contribution in [0.2, 0.25) is 0 Å². The van der Waals surface area contributed by atoms with Crippen molar-refractivity contribution in [1.29, 1.82) is 0 Å². The van der Waals surface area contributed by atoms with Gasteiger partial charge in [-0.2, -0.15) is 0 Å². The predicted octanol–water partition coefficient (Wildman–Crippen LogP) is 3.99. The van der Waals surface area contributed by atoms with Crippen molar-refractivity contribution in [3.8, 4) is 5.75 Å². The Kier molecular flexibility index (Phi) is 8.00. The van der Waals surface area contributed by atoms with Gasteiger partial charge in [-0.1, -0.05) is 46.2 Å². The second-order valence-electron chi connectivity index (χ2n) is 4.70.